The predicted octanol–water partition coefficient (Wildman–Crippen LogP) is 4.48. The van der Waals surface area contributed by atoms with E-state index in [0.29, 0.717) is 0 Å². The van der Waals surface area contributed by atoms with Gasteiger partial charge in [-0.2, -0.15) is 0 Å². The molecule has 18 heavy (non-hydrogen) atoms. The molecule has 0 radical (unpaired) electrons. The Labute approximate surface area is 110 Å². The molecule has 0 amide bonds. The average molecular weight is 241 g/mol. The van der Waals surface area contributed by atoms with E-state index in [2.05, 4.69) is 44.8 Å². The quantitative estimate of drug-likeness (QED) is 0.769. The first-order valence-electron chi connectivity index (χ1n) is 7.18. The van der Waals surface area contributed by atoms with Gasteiger partial charge in [-0.25, -0.2) is 0 Å². The minimum atomic E-state index is 1.08. The minimum absolute atomic E-state index is 1.08. The predicted molar refractivity (Wildman–Crippen MR) is 79.3 cm³/mol. The number of aryl methyl sites for hydroxylation is 2. The Morgan fingerprint density at radius 1 is 0.778 bits per heavy atom. The van der Waals surface area contributed by atoms with Crippen LogP contribution in [0.1, 0.15) is 49.9 Å². The summed E-state index contributed by atoms with van der Waals surface area (Å²) in [6.07, 6.45) is 6.35. The molecule has 0 aliphatic rings. The average Bonchev–Trinajstić information content (AvgIpc) is 2.44. The van der Waals surface area contributed by atoms with Crippen LogP contribution in [-0.2, 0) is 25.7 Å². The molecule has 0 unspecified atom stereocenters. The first kappa shape index (κ1) is 13.1. The van der Waals surface area contributed by atoms with Crippen LogP contribution in [0, 0.1) is 0 Å². The van der Waals surface area contributed by atoms with Crippen molar-refractivity contribution in [2.45, 2.75) is 53.4 Å². The van der Waals surface area contributed by atoms with Gasteiger partial charge in [-0.1, -0.05) is 33.8 Å². The van der Waals surface area contributed by atoms with E-state index in [9.17, 15) is 0 Å². The summed E-state index contributed by atoms with van der Waals surface area (Å²) in [5, 5.41) is 1.37. The number of rotatable bonds is 4. The van der Waals surface area contributed by atoms with Crippen LogP contribution in [0.4, 0.5) is 0 Å². The zero-order valence-corrected chi connectivity index (χ0v) is 12.0. The van der Waals surface area contributed by atoms with Crippen molar-refractivity contribution in [1.29, 1.82) is 0 Å². The maximum absolute atomic E-state index is 4.64. The van der Waals surface area contributed by atoms with E-state index < -0.39 is 0 Å². The van der Waals surface area contributed by atoms with Crippen LogP contribution in [0.2, 0.25) is 0 Å². The Morgan fingerprint density at radius 2 is 1.33 bits per heavy atom. The Balaban J connectivity index is 2.94. The molecule has 1 heteroatoms. The highest BCUT2D eigenvalue weighted by molar-refractivity contribution is 5.88. The second-order valence-corrected chi connectivity index (χ2v) is 4.73. The van der Waals surface area contributed by atoms with Crippen molar-refractivity contribution in [2.75, 3.05) is 0 Å². The number of benzene rings is 1. The molecule has 0 saturated heterocycles. The van der Waals surface area contributed by atoms with Crippen LogP contribution < -0.4 is 0 Å². The zero-order valence-electron chi connectivity index (χ0n) is 12.0. The van der Waals surface area contributed by atoms with E-state index in [1.54, 1.807) is 11.1 Å². The molecule has 0 bridgehead atoms. The molecule has 1 heterocycles. The van der Waals surface area contributed by atoms with Crippen LogP contribution in [0.15, 0.2) is 18.3 Å². The van der Waals surface area contributed by atoms with Gasteiger partial charge in [-0.3, -0.25) is 4.98 Å². The van der Waals surface area contributed by atoms with Crippen LogP contribution in [0.5, 0.6) is 0 Å². The molecule has 2 rings (SSSR count). The molecular weight excluding hydrogens is 218 g/mol. The second kappa shape index (κ2) is 5.51. The highest BCUT2D eigenvalue weighted by atomic mass is 14.7. The molecule has 1 nitrogen and oxygen atoms in total. The molecule has 96 valence electrons. The summed E-state index contributed by atoms with van der Waals surface area (Å²) in [6.45, 7) is 9.04. The molecule has 0 N–H and O–H groups in total. The molecule has 0 aliphatic carbocycles. The van der Waals surface area contributed by atoms with Gasteiger partial charge in [0.05, 0.1) is 5.52 Å². The Hall–Kier alpha value is -1.37. The number of hydrogen-bond acceptors (Lipinski definition) is 1. The van der Waals surface area contributed by atoms with Gasteiger partial charge in [-0.15, -0.1) is 0 Å². The van der Waals surface area contributed by atoms with E-state index in [-0.39, 0.29) is 0 Å². The summed E-state index contributed by atoms with van der Waals surface area (Å²) >= 11 is 0. The van der Waals surface area contributed by atoms with Crippen molar-refractivity contribution in [3.63, 3.8) is 0 Å². The van der Waals surface area contributed by atoms with Gasteiger partial charge >= 0.3 is 0 Å². The summed E-state index contributed by atoms with van der Waals surface area (Å²) in [5.41, 5.74) is 7.31. The molecule has 0 spiro atoms. The lowest BCUT2D eigenvalue weighted by Crippen LogP contribution is -2.05. The first-order chi connectivity index (χ1) is 8.78. The van der Waals surface area contributed by atoms with Crippen molar-refractivity contribution in [3.05, 3.63) is 40.6 Å². The van der Waals surface area contributed by atoms with Crippen LogP contribution >= 0.6 is 0 Å². The zero-order chi connectivity index (χ0) is 13.1. The highest BCUT2D eigenvalue weighted by Crippen LogP contribution is 2.31. The highest BCUT2D eigenvalue weighted by Gasteiger charge is 2.15. The van der Waals surface area contributed by atoms with Gasteiger partial charge in [0.15, 0.2) is 0 Å². The van der Waals surface area contributed by atoms with Gasteiger partial charge in [0, 0.05) is 11.6 Å². The largest absolute Gasteiger partial charge is 0.256 e. The molecule has 1 aromatic heterocycles. The standard InChI is InChI=1S/C17H23N/c1-5-12-13(6-2)15(8-4)17-16(14(12)7-3)10-9-11-18-17/h9-11H,5-8H2,1-4H3. The van der Waals surface area contributed by atoms with E-state index >= 15 is 0 Å². The van der Waals surface area contributed by atoms with E-state index in [4.69, 9.17) is 0 Å². The van der Waals surface area contributed by atoms with Gasteiger partial charge < -0.3 is 0 Å². The number of aromatic nitrogens is 1. The fourth-order valence-corrected chi connectivity index (χ4v) is 3.20. The first-order valence-corrected chi connectivity index (χ1v) is 7.18. The van der Waals surface area contributed by atoms with E-state index in [1.807, 2.05) is 6.20 Å². The molecular formula is C17H23N. The molecule has 2 aromatic rings. The number of hydrogen-bond donors (Lipinski definition) is 0. The van der Waals surface area contributed by atoms with Gasteiger partial charge in [0.25, 0.3) is 0 Å². The molecule has 0 aliphatic heterocycles. The molecule has 0 saturated carbocycles. The topological polar surface area (TPSA) is 12.9 Å². The maximum Gasteiger partial charge on any atom is 0.0739 e. The van der Waals surface area contributed by atoms with E-state index in [0.717, 1.165) is 25.7 Å². The number of pyridine rings is 1. The fraction of sp³-hybridized carbons (Fsp3) is 0.471. The third-order valence-electron chi connectivity index (χ3n) is 3.93. The Kier molecular flexibility index (Phi) is 4.00. The van der Waals surface area contributed by atoms with Crippen molar-refractivity contribution >= 4 is 10.9 Å². The third kappa shape index (κ3) is 1.92. The van der Waals surface area contributed by atoms with Crippen LogP contribution in [-0.4, -0.2) is 4.98 Å². The Morgan fingerprint density at radius 3 is 1.89 bits per heavy atom. The van der Waals surface area contributed by atoms with Crippen LogP contribution in [0.3, 0.4) is 0 Å². The summed E-state index contributed by atoms with van der Waals surface area (Å²) in [4.78, 5) is 4.64. The van der Waals surface area contributed by atoms with Crippen LogP contribution in [0.25, 0.3) is 10.9 Å². The van der Waals surface area contributed by atoms with Crippen molar-refractivity contribution in [2.24, 2.45) is 0 Å². The molecule has 0 atom stereocenters. The second-order valence-electron chi connectivity index (χ2n) is 4.73. The summed E-state index contributed by atoms with van der Waals surface area (Å²) in [6, 6.07) is 4.30. The Bertz CT molecular complexity index is 505. The van der Waals surface area contributed by atoms with Gasteiger partial charge in [0.2, 0.25) is 0 Å². The normalized spacial score (nSPS) is 11.1. The van der Waals surface area contributed by atoms with Gasteiger partial charge in [0.1, 0.15) is 0 Å². The third-order valence-corrected chi connectivity index (χ3v) is 3.93. The maximum atomic E-state index is 4.64. The lowest BCUT2D eigenvalue weighted by Gasteiger charge is -2.19. The lowest BCUT2D eigenvalue weighted by atomic mass is 9.87. The van der Waals surface area contributed by atoms with Gasteiger partial charge in [-0.05, 0) is 54.0 Å². The summed E-state index contributed by atoms with van der Waals surface area (Å²) < 4.78 is 0. The number of nitrogens with zero attached hydrogens (tertiary/aromatic N) is 1. The molecule has 0 fully saturated rings. The lowest BCUT2D eigenvalue weighted by molar-refractivity contribution is 0.956. The minimum Gasteiger partial charge on any atom is -0.256 e. The van der Waals surface area contributed by atoms with Crippen molar-refractivity contribution in [3.8, 4) is 0 Å². The number of fused-ring (bicyclic) bond motifs is 1. The summed E-state index contributed by atoms with van der Waals surface area (Å²) in [5.74, 6) is 0. The van der Waals surface area contributed by atoms with Crippen molar-refractivity contribution in [1.82, 2.24) is 4.98 Å². The molecule has 1 aromatic carbocycles. The monoisotopic (exact) mass is 241 g/mol. The van der Waals surface area contributed by atoms with E-state index in [1.165, 1.54) is 22.0 Å². The SMILES string of the molecule is CCc1c(CC)c(CC)c2ncccc2c1CC. The fourth-order valence-electron chi connectivity index (χ4n) is 3.20. The smallest absolute Gasteiger partial charge is 0.0739 e. The van der Waals surface area contributed by atoms with Crippen molar-refractivity contribution < 1.29 is 0 Å². The summed E-state index contributed by atoms with van der Waals surface area (Å²) in [7, 11) is 0.